The van der Waals surface area contributed by atoms with E-state index in [0.29, 0.717) is 0 Å². The summed E-state index contributed by atoms with van der Waals surface area (Å²) in [4.78, 5) is 84.2. The summed E-state index contributed by atoms with van der Waals surface area (Å²) in [5.41, 5.74) is 5.93. The number of aromatic hydroxyl groups is 1. The molecule has 0 spiro atoms. The topological polar surface area (TPSA) is 353 Å². The minimum atomic E-state index is -2.13. The second-order valence-corrected chi connectivity index (χ2v) is 14.9. The molecule has 0 bridgehead atoms. The Morgan fingerprint density at radius 2 is 1.30 bits per heavy atom. The lowest BCUT2D eigenvalue weighted by molar-refractivity contribution is -0.149. The molecule has 3 saturated heterocycles. The first-order valence-electron chi connectivity index (χ1n) is 18.2. The number of nitrogens with zero attached hydrogens (tertiary/aromatic N) is 2. The number of hydrogen-bond donors (Lipinski definition) is 13. The van der Waals surface area contributed by atoms with Crippen LogP contribution in [0.5, 0.6) is 5.75 Å². The maximum absolute atomic E-state index is 14.1. The van der Waals surface area contributed by atoms with Gasteiger partial charge in [0.2, 0.25) is 29.5 Å². The first kappa shape index (κ1) is 44.4. The highest BCUT2D eigenvalue weighted by atomic mass is 16.3. The first-order valence-corrected chi connectivity index (χ1v) is 18.2. The zero-order valence-electron chi connectivity index (χ0n) is 31.0. The fraction of sp³-hybridized carbons (Fsp3) is 0.657. The molecule has 56 heavy (non-hydrogen) atoms. The third kappa shape index (κ3) is 9.79. The Morgan fingerprint density at radius 3 is 1.88 bits per heavy atom. The fourth-order valence-corrected chi connectivity index (χ4v) is 7.20. The second-order valence-electron chi connectivity index (χ2n) is 14.9. The highest BCUT2D eigenvalue weighted by Crippen LogP contribution is 2.30. The van der Waals surface area contributed by atoms with E-state index in [1.165, 1.54) is 31.2 Å². The molecular formula is C35H52N6O15. The fourth-order valence-electron chi connectivity index (χ4n) is 7.20. The van der Waals surface area contributed by atoms with Crippen LogP contribution in [0.15, 0.2) is 24.3 Å². The molecule has 1 aromatic carbocycles. The summed E-state index contributed by atoms with van der Waals surface area (Å²) in [6.07, 6.45) is -16.3. The molecule has 0 aliphatic carbocycles. The Balaban J connectivity index is 1.80. The van der Waals surface area contributed by atoms with E-state index in [4.69, 9.17) is 5.73 Å². The second kappa shape index (κ2) is 18.3. The van der Waals surface area contributed by atoms with Crippen LogP contribution in [-0.4, -0.2) is 177 Å². The normalized spacial score (nSPS) is 35.3. The van der Waals surface area contributed by atoms with Crippen molar-refractivity contribution in [3.63, 3.8) is 0 Å². The maximum Gasteiger partial charge on any atom is 0.248 e. The van der Waals surface area contributed by atoms with Gasteiger partial charge in [-0.3, -0.25) is 28.8 Å². The van der Waals surface area contributed by atoms with Crippen LogP contribution in [0.1, 0.15) is 51.7 Å². The van der Waals surface area contributed by atoms with Gasteiger partial charge in [-0.1, -0.05) is 19.1 Å². The van der Waals surface area contributed by atoms with Crippen LogP contribution >= 0.6 is 0 Å². The Morgan fingerprint density at radius 1 is 0.750 bits per heavy atom. The highest BCUT2D eigenvalue weighted by Gasteiger charge is 2.50. The van der Waals surface area contributed by atoms with E-state index in [2.05, 4.69) is 16.0 Å². The summed E-state index contributed by atoms with van der Waals surface area (Å²) in [5.74, 6) is -9.57. The van der Waals surface area contributed by atoms with Gasteiger partial charge in [-0.15, -0.1) is 0 Å². The number of benzene rings is 1. The summed E-state index contributed by atoms with van der Waals surface area (Å²) in [5, 5.41) is 103. The number of carbonyl (C=O) groups excluding carboxylic acids is 6. The first-order chi connectivity index (χ1) is 26.1. The smallest absolute Gasteiger partial charge is 0.248 e. The summed E-state index contributed by atoms with van der Waals surface area (Å²) < 4.78 is 0. The van der Waals surface area contributed by atoms with Crippen molar-refractivity contribution in [1.29, 1.82) is 0 Å². The van der Waals surface area contributed by atoms with Gasteiger partial charge in [-0.2, -0.15) is 0 Å². The average molecular weight is 797 g/mol. The third-order valence-corrected chi connectivity index (χ3v) is 10.5. The van der Waals surface area contributed by atoms with E-state index in [1.807, 2.05) is 0 Å². The van der Waals surface area contributed by atoms with Crippen LogP contribution in [0.3, 0.4) is 0 Å². The van der Waals surface area contributed by atoms with Gasteiger partial charge in [-0.25, -0.2) is 0 Å². The van der Waals surface area contributed by atoms with Crippen molar-refractivity contribution in [1.82, 2.24) is 25.8 Å². The van der Waals surface area contributed by atoms with Crippen molar-refractivity contribution in [3.05, 3.63) is 29.8 Å². The quantitative estimate of drug-likeness (QED) is 0.132. The molecule has 0 saturated carbocycles. The maximum atomic E-state index is 14.1. The lowest BCUT2D eigenvalue weighted by Crippen LogP contribution is -2.61. The molecule has 14 N–H and O–H groups in total. The van der Waals surface area contributed by atoms with E-state index in [9.17, 15) is 74.7 Å². The van der Waals surface area contributed by atoms with E-state index < -0.39 is 146 Å². The molecule has 312 valence electrons. The molecule has 1 aromatic rings. The Kier molecular flexibility index (Phi) is 14.5. The molecule has 3 heterocycles. The average Bonchev–Trinajstić information content (AvgIpc) is 3.68. The zero-order valence-corrected chi connectivity index (χ0v) is 31.0. The number of nitrogens with two attached hydrogens (primary N) is 1. The number of nitrogens with one attached hydrogen (secondary N) is 3. The summed E-state index contributed by atoms with van der Waals surface area (Å²) in [7, 11) is 0. The molecule has 0 unspecified atom stereocenters. The predicted octanol–water partition coefficient (Wildman–Crippen LogP) is -6.21. The van der Waals surface area contributed by atoms with Gasteiger partial charge in [0, 0.05) is 38.3 Å². The minimum absolute atomic E-state index is 0.0101. The SMILES string of the molecule is C[C@@H](O)[C@@H]1NC(=O)[C@H]([C@H](O)[C@@H](O)c2ccc(O)cc2)CC(=O)[C@@H]2C[C@@H](O)CN2C(=O)[C@H]([C@@H](C)O)NC(=O)[C@@H](N)C[C@@H](O)[C@@H](O)NC(=O)[C@@H]2[C@@H](O)[C@@H](C)CN2C1=O. The largest absolute Gasteiger partial charge is 0.508 e. The summed E-state index contributed by atoms with van der Waals surface area (Å²) in [6.45, 7) is 2.95. The van der Waals surface area contributed by atoms with E-state index in [-0.39, 0.29) is 24.3 Å². The van der Waals surface area contributed by atoms with Crippen molar-refractivity contribution in [2.75, 3.05) is 13.1 Å². The molecule has 3 fully saturated rings. The number of rotatable bonds is 5. The number of phenols is 1. The van der Waals surface area contributed by atoms with Crippen LogP contribution in [0, 0.1) is 11.8 Å². The zero-order chi connectivity index (χ0) is 41.9. The number of amides is 5. The van der Waals surface area contributed by atoms with Crippen LogP contribution in [-0.2, 0) is 28.8 Å². The Labute approximate surface area is 321 Å². The predicted molar refractivity (Wildman–Crippen MR) is 189 cm³/mol. The van der Waals surface area contributed by atoms with Crippen molar-refractivity contribution in [3.8, 4) is 5.75 Å². The van der Waals surface area contributed by atoms with Gasteiger partial charge in [0.15, 0.2) is 12.0 Å². The molecular weight excluding hydrogens is 744 g/mol. The number of ketones is 1. The molecule has 3 aliphatic heterocycles. The minimum Gasteiger partial charge on any atom is -0.508 e. The van der Waals surface area contributed by atoms with Gasteiger partial charge < -0.3 is 77.4 Å². The highest BCUT2D eigenvalue weighted by molar-refractivity contribution is 5.97. The Bertz CT molecular complexity index is 1610. The van der Waals surface area contributed by atoms with Crippen molar-refractivity contribution in [2.45, 2.75) is 119 Å². The monoisotopic (exact) mass is 796 g/mol. The van der Waals surface area contributed by atoms with Crippen LogP contribution in [0.4, 0.5) is 0 Å². The van der Waals surface area contributed by atoms with Crippen LogP contribution in [0.25, 0.3) is 0 Å². The van der Waals surface area contributed by atoms with E-state index in [1.54, 1.807) is 0 Å². The molecule has 0 aromatic heterocycles. The van der Waals surface area contributed by atoms with Crippen molar-refractivity contribution < 1.29 is 74.7 Å². The number of fused-ring (bicyclic) bond motifs is 2. The molecule has 21 nitrogen and oxygen atoms in total. The Hall–Kier alpha value is -4.32. The summed E-state index contributed by atoms with van der Waals surface area (Å²) >= 11 is 0. The molecule has 4 rings (SSSR count). The number of carbonyl (C=O) groups is 6. The molecule has 15 atom stereocenters. The summed E-state index contributed by atoms with van der Waals surface area (Å²) in [6, 6.07) is -3.79. The van der Waals surface area contributed by atoms with E-state index >= 15 is 0 Å². The lowest BCUT2D eigenvalue weighted by Gasteiger charge is -2.33. The lowest BCUT2D eigenvalue weighted by atomic mass is 9.86. The molecule has 5 amide bonds. The van der Waals surface area contributed by atoms with E-state index in [0.717, 1.165) is 23.6 Å². The molecule has 21 heteroatoms. The van der Waals surface area contributed by atoms with Gasteiger partial charge >= 0.3 is 0 Å². The van der Waals surface area contributed by atoms with Gasteiger partial charge in [0.25, 0.3) is 0 Å². The van der Waals surface area contributed by atoms with Crippen LogP contribution in [0.2, 0.25) is 0 Å². The standard InChI is InChI=1S/C35H52N6O15/c1-13-11-41-26(27(13)48)33(54)39-32(53)23(47)10-20(36)31(52)38-24(14(2)42)34(55)40-12-18(45)8-21(40)22(46)9-19(30(51)37-25(15(3)43)35(41)56)29(50)28(49)16-4-6-17(44)7-5-16/h4-7,13-15,18-21,23-29,32,42-45,47-50,53H,8-12,36H2,1-3H3,(H,37,51)(H,38,52)(H,39,54)/t13-,14+,15+,18+,19-,20-,21-,23+,24-,25-,26-,27-,28-,29-,32+/m0/s1. The van der Waals surface area contributed by atoms with Gasteiger partial charge in [-0.05, 0) is 31.5 Å². The van der Waals surface area contributed by atoms with Gasteiger partial charge in [0.1, 0.15) is 36.1 Å². The number of hydrogen-bond acceptors (Lipinski definition) is 16. The number of phenolic OH excluding ortho intramolecular Hbond substituents is 1. The van der Waals surface area contributed by atoms with Crippen LogP contribution < -0.4 is 21.7 Å². The number of aliphatic hydroxyl groups is 8. The van der Waals surface area contributed by atoms with Crippen molar-refractivity contribution in [2.24, 2.45) is 17.6 Å². The third-order valence-electron chi connectivity index (χ3n) is 10.5. The molecule has 0 radical (unpaired) electrons. The molecule has 3 aliphatic rings. The number of Topliss-reactive ketones (excluding diaryl/α,β-unsaturated/α-hetero) is 1. The number of aliphatic hydroxyl groups excluding tert-OH is 8. The van der Waals surface area contributed by atoms with Crippen molar-refractivity contribution >= 4 is 35.3 Å². The van der Waals surface area contributed by atoms with Gasteiger partial charge in [0.05, 0.1) is 48.5 Å².